The molecule has 0 radical (unpaired) electrons. The first-order valence-corrected chi connectivity index (χ1v) is 8.50. The van der Waals surface area contributed by atoms with Crippen LogP contribution >= 0.6 is 11.8 Å². The van der Waals surface area contributed by atoms with Gasteiger partial charge in [-0.2, -0.15) is 5.26 Å². The molecule has 1 fully saturated rings. The molecule has 0 N–H and O–H groups in total. The Bertz CT molecular complexity index is 720. The lowest BCUT2D eigenvalue weighted by molar-refractivity contribution is 0.624. The average molecular weight is 329 g/mol. The van der Waals surface area contributed by atoms with Crippen molar-refractivity contribution in [3.05, 3.63) is 42.0 Å². The second-order valence-corrected chi connectivity index (χ2v) is 5.94. The van der Waals surface area contributed by atoms with E-state index in [2.05, 4.69) is 25.8 Å². The van der Waals surface area contributed by atoms with Crippen LogP contribution in [0.3, 0.4) is 0 Å². The van der Waals surface area contributed by atoms with E-state index in [1.165, 1.54) is 30.2 Å². The number of benzene rings is 1. The maximum atomic E-state index is 13.0. The predicted molar refractivity (Wildman–Crippen MR) is 89.4 cm³/mol. The van der Waals surface area contributed by atoms with Crippen LogP contribution in [0.2, 0.25) is 0 Å². The van der Waals surface area contributed by atoms with Crippen molar-refractivity contribution >= 4 is 23.3 Å². The highest BCUT2D eigenvalue weighted by Gasteiger charge is 2.22. The highest BCUT2D eigenvalue weighted by molar-refractivity contribution is 7.98. The summed E-state index contributed by atoms with van der Waals surface area (Å²) in [5.74, 6) is 0.474. The third-order valence-electron chi connectivity index (χ3n) is 3.87. The van der Waals surface area contributed by atoms with Gasteiger partial charge in [0.2, 0.25) is 0 Å². The molecule has 1 aliphatic heterocycles. The first kappa shape index (κ1) is 15.6. The molecule has 7 heteroatoms. The van der Waals surface area contributed by atoms with Gasteiger partial charge >= 0.3 is 0 Å². The summed E-state index contributed by atoms with van der Waals surface area (Å²) >= 11 is 1.45. The minimum atomic E-state index is -0.225. The topological polar surface area (TPSA) is 56.1 Å². The third kappa shape index (κ3) is 3.22. The van der Waals surface area contributed by atoms with Gasteiger partial charge in [0.25, 0.3) is 0 Å². The first-order valence-electron chi connectivity index (χ1n) is 7.27. The van der Waals surface area contributed by atoms with Gasteiger partial charge in [0.15, 0.2) is 5.82 Å². The number of thioether (sulfide) groups is 1. The molecule has 3 rings (SSSR count). The molecule has 23 heavy (non-hydrogen) atoms. The van der Waals surface area contributed by atoms with Gasteiger partial charge < -0.3 is 9.80 Å². The normalized spacial score (nSPS) is 14.7. The molecule has 5 nitrogen and oxygen atoms in total. The number of anilines is 2. The molecule has 0 saturated carbocycles. The van der Waals surface area contributed by atoms with Gasteiger partial charge in [-0.15, -0.1) is 11.8 Å². The Hall–Kier alpha value is -2.33. The zero-order chi connectivity index (χ0) is 16.2. The summed E-state index contributed by atoms with van der Waals surface area (Å²) in [7, 11) is 0. The van der Waals surface area contributed by atoms with Crippen LogP contribution in [0.25, 0.3) is 0 Å². The smallest absolute Gasteiger partial charge is 0.151 e. The van der Waals surface area contributed by atoms with Crippen molar-refractivity contribution in [3.63, 3.8) is 0 Å². The van der Waals surface area contributed by atoms with Crippen LogP contribution in [-0.4, -0.2) is 42.4 Å². The van der Waals surface area contributed by atoms with Crippen molar-refractivity contribution in [2.75, 3.05) is 42.2 Å². The summed E-state index contributed by atoms with van der Waals surface area (Å²) in [6.07, 6.45) is 3.41. The average Bonchev–Trinajstić information content (AvgIpc) is 2.61. The van der Waals surface area contributed by atoms with Crippen molar-refractivity contribution in [2.24, 2.45) is 0 Å². The number of nitriles is 1. The number of aromatic nitrogens is 2. The standard InChI is InChI=1S/C16H16FN5S/c1-23-16-14(10-18)15(19-11-20-16)22-8-6-21(7-9-22)13-4-2-12(17)3-5-13/h2-5,11H,6-9H2,1H3. The van der Waals surface area contributed by atoms with E-state index in [-0.39, 0.29) is 5.82 Å². The molecule has 0 spiro atoms. The zero-order valence-corrected chi connectivity index (χ0v) is 13.6. The fraction of sp³-hybridized carbons (Fsp3) is 0.312. The van der Waals surface area contributed by atoms with Crippen LogP contribution < -0.4 is 9.80 Å². The maximum Gasteiger partial charge on any atom is 0.151 e. The lowest BCUT2D eigenvalue weighted by Crippen LogP contribution is -2.47. The van der Waals surface area contributed by atoms with Crippen molar-refractivity contribution in [3.8, 4) is 6.07 Å². The van der Waals surface area contributed by atoms with Crippen LogP contribution in [0, 0.1) is 17.1 Å². The maximum absolute atomic E-state index is 13.0. The Morgan fingerprint density at radius 1 is 1.09 bits per heavy atom. The molecule has 0 unspecified atom stereocenters. The Balaban J connectivity index is 1.75. The van der Waals surface area contributed by atoms with Crippen LogP contribution in [0.4, 0.5) is 15.9 Å². The molecule has 118 valence electrons. The number of hydrogen-bond donors (Lipinski definition) is 0. The van der Waals surface area contributed by atoms with E-state index in [1.807, 2.05) is 6.26 Å². The molecule has 1 aliphatic rings. The second kappa shape index (κ2) is 6.84. The van der Waals surface area contributed by atoms with Crippen molar-refractivity contribution in [2.45, 2.75) is 5.03 Å². The SMILES string of the molecule is CSc1ncnc(N2CCN(c3ccc(F)cc3)CC2)c1C#N. The van der Waals surface area contributed by atoms with Gasteiger partial charge in [-0.1, -0.05) is 0 Å². The molecular weight excluding hydrogens is 313 g/mol. The van der Waals surface area contributed by atoms with Gasteiger partial charge in [0.05, 0.1) is 0 Å². The van der Waals surface area contributed by atoms with E-state index >= 15 is 0 Å². The van der Waals surface area contributed by atoms with Gasteiger partial charge in [-0.25, -0.2) is 14.4 Å². The Morgan fingerprint density at radius 3 is 2.35 bits per heavy atom. The Morgan fingerprint density at radius 2 is 1.74 bits per heavy atom. The highest BCUT2D eigenvalue weighted by Crippen LogP contribution is 2.26. The van der Waals surface area contributed by atoms with E-state index in [0.717, 1.165) is 31.9 Å². The summed E-state index contributed by atoms with van der Waals surface area (Å²) in [6.45, 7) is 3.12. The number of hydrogen-bond acceptors (Lipinski definition) is 6. The molecule has 0 amide bonds. The lowest BCUT2D eigenvalue weighted by atomic mass is 10.2. The number of halogens is 1. The van der Waals surface area contributed by atoms with Crippen molar-refractivity contribution in [1.82, 2.24) is 9.97 Å². The molecule has 0 atom stereocenters. The van der Waals surface area contributed by atoms with E-state index in [0.29, 0.717) is 16.4 Å². The summed E-state index contributed by atoms with van der Waals surface area (Å²) in [5.41, 5.74) is 1.55. The molecule has 0 bridgehead atoms. The van der Waals surface area contributed by atoms with E-state index in [4.69, 9.17) is 0 Å². The van der Waals surface area contributed by atoms with E-state index in [9.17, 15) is 9.65 Å². The second-order valence-electron chi connectivity index (χ2n) is 5.14. The Kier molecular flexibility index (Phi) is 4.63. The van der Waals surface area contributed by atoms with Crippen LogP contribution in [0.1, 0.15) is 5.56 Å². The zero-order valence-electron chi connectivity index (χ0n) is 12.7. The summed E-state index contributed by atoms with van der Waals surface area (Å²) in [6, 6.07) is 8.76. The first-order chi connectivity index (χ1) is 11.2. The molecule has 0 aliphatic carbocycles. The number of nitrogens with zero attached hydrogens (tertiary/aromatic N) is 5. The van der Waals surface area contributed by atoms with E-state index < -0.39 is 0 Å². The molecule has 1 aromatic heterocycles. The molecule has 2 aromatic rings. The summed E-state index contributed by atoms with van der Waals surface area (Å²) in [5, 5.41) is 10.1. The predicted octanol–water partition coefficient (Wildman–Crippen LogP) is 2.54. The van der Waals surface area contributed by atoms with E-state index in [1.54, 1.807) is 12.1 Å². The molecule has 1 aromatic carbocycles. The molecule has 1 saturated heterocycles. The van der Waals surface area contributed by atoms with Crippen LogP contribution in [-0.2, 0) is 0 Å². The largest absolute Gasteiger partial charge is 0.368 e. The van der Waals surface area contributed by atoms with Crippen LogP contribution in [0.5, 0.6) is 0 Å². The summed E-state index contributed by atoms with van der Waals surface area (Å²) < 4.78 is 13.0. The van der Waals surface area contributed by atoms with Gasteiger partial charge in [-0.3, -0.25) is 0 Å². The van der Waals surface area contributed by atoms with Gasteiger partial charge in [-0.05, 0) is 30.5 Å². The fourth-order valence-corrected chi connectivity index (χ4v) is 3.18. The fourth-order valence-electron chi connectivity index (χ4n) is 2.68. The number of piperazine rings is 1. The third-order valence-corrected chi connectivity index (χ3v) is 4.56. The van der Waals surface area contributed by atoms with Crippen LogP contribution in [0.15, 0.2) is 35.6 Å². The Labute approximate surface area is 138 Å². The molecule has 2 heterocycles. The van der Waals surface area contributed by atoms with Gasteiger partial charge in [0.1, 0.15) is 28.8 Å². The quantitative estimate of drug-likeness (QED) is 0.637. The minimum Gasteiger partial charge on any atom is -0.368 e. The van der Waals surface area contributed by atoms with Crippen molar-refractivity contribution < 1.29 is 4.39 Å². The van der Waals surface area contributed by atoms with Gasteiger partial charge in [0, 0.05) is 31.9 Å². The minimum absolute atomic E-state index is 0.225. The highest BCUT2D eigenvalue weighted by atomic mass is 32.2. The van der Waals surface area contributed by atoms with Crippen molar-refractivity contribution in [1.29, 1.82) is 5.26 Å². The molecular formula is C16H16FN5S. The summed E-state index contributed by atoms with van der Waals surface area (Å²) in [4.78, 5) is 12.8. The lowest BCUT2D eigenvalue weighted by Gasteiger charge is -2.37. The monoisotopic (exact) mass is 329 g/mol. The number of rotatable bonds is 3.